The molecule has 0 spiro atoms. The number of hydrogen-bond acceptors (Lipinski definition) is 3. The van der Waals surface area contributed by atoms with Crippen LogP contribution in [0.2, 0.25) is 0 Å². The minimum Gasteiger partial charge on any atom is -0.367 e. The lowest BCUT2D eigenvalue weighted by Gasteiger charge is -2.08. The topological polar surface area (TPSA) is 55.5 Å². The van der Waals surface area contributed by atoms with Gasteiger partial charge in [0.05, 0.1) is 6.61 Å². The summed E-state index contributed by atoms with van der Waals surface area (Å²) in [4.78, 5) is 0. The van der Waals surface area contributed by atoms with Gasteiger partial charge >= 0.3 is 0 Å². The van der Waals surface area contributed by atoms with Gasteiger partial charge in [-0.1, -0.05) is 30.3 Å². The Kier molecular flexibility index (Phi) is 3.73. The third kappa shape index (κ3) is 3.00. The van der Waals surface area contributed by atoms with Crippen molar-refractivity contribution in [1.82, 2.24) is 0 Å². The van der Waals surface area contributed by atoms with Gasteiger partial charge in [0.1, 0.15) is 0 Å². The molecule has 0 aliphatic heterocycles. The fraction of sp³-hybridized carbons (Fsp3) is 0.333. The molecule has 0 saturated carbocycles. The van der Waals surface area contributed by atoms with E-state index in [0.29, 0.717) is 6.61 Å². The van der Waals surface area contributed by atoms with Crippen molar-refractivity contribution in [2.45, 2.75) is 12.9 Å². The van der Waals surface area contributed by atoms with Gasteiger partial charge in [-0.2, -0.15) is 0 Å². The van der Waals surface area contributed by atoms with Crippen molar-refractivity contribution in [2.24, 2.45) is 5.73 Å². The van der Waals surface area contributed by atoms with Crippen LogP contribution in [-0.4, -0.2) is 17.9 Å². The highest BCUT2D eigenvalue weighted by Crippen LogP contribution is 2.01. The molecule has 0 aliphatic rings. The second-order valence-corrected chi connectivity index (χ2v) is 2.49. The third-order valence-electron chi connectivity index (χ3n) is 1.49. The zero-order valence-corrected chi connectivity index (χ0v) is 6.81. The molecular weight excluding hydrogens is 154 g/mol. The fourth-order valence-corrected chi connectivity index (χ4v) is 0.835. The molecule has 3 heteroatoms. The lowest BCUT2D eigenvalue weighted by Crippen LogP contribution is -2.22. The first-order valence-corrected chi connectivity index (χ1v) is 3.86. The van der Waals surface area contributed by atoms with Crippen LogP contribution < -0.4 is 5.73 Å². The lowest BCUT2D eigenvalue weighted by atomic mass is 10.2. The van der Waals surface area contributed by atoms with Crippen molar-refractivity contribution < 1.29 is 9.84 Å². The number of rotatable bonds is 4. The van der Waals surface area contributed by atoms with Gasteiger partial charge in [0.15, 0.2) is 6.29 Å². The normalized spacial score (nSPS) is 12.8. The molecule has 0 saturated heterocycles. The summed E-state index contributed by atoms with van der Waals surface area (Å²) >= 11 is 0. The van der Waals surface area contributed by atoms with E-state index < -0.39 is 6.29 Å². The van der Waals surface area contributed by atoms with Crippen molar-refractivity contribution in [3.63, 3.8) is 0 Å². The second-order valence-electron chi connectivity index (χ2n) is 2.49. The Morgan fingerprint density at radius 1 is 1.33 bits per heavy atom. The maximum Gasteiger partial charge on any atom is 0.167 e. The summed E-state index contributed by atoms with van der Waals surface area (Å²) in [5, 5.41) is 8.97. The Bertz CT molecular complexity index is 213. The molecule has 3 nitrogen and oxygen atoms in total. The largest absolute Gasteiger partial charge is 0.367 e. The average molecular weight is 167 g/mol. The highest BCUT2D eigenvalue weighted by molar-refractivity contribution is 5.13. The first kappa shape index (κ1) is 9.19. The summed E-state index contributed by atoms with van der Waals surface area (Å²) in [5.74, 6) is 0. The Labute approximate surface area is 71.8 Å². The van der Waals surface area contributed by atoms with E-state index in [4.69, 9.17) is 15.6 Å². The molecule has 0 amide bonds. The minimum absolute atomic E-state index is 0.132. The standard InChI is InChI=1S/C9H13NO2/c10-6-9(11)12-7-8-4-2-1-3-5-8/h1-5,9,11H,6-7,10H2/t9-/m0/s1. The summed E-state index contributed by atoms with van der Waals surface area (Å²) < 4.78 is 5.01. The number of aliphatic hydroxyl groups excluding tert-OH is 1. The Morgan fingerprint density at radius 2 is 2.00 bits per heavy atom. The SMILES string of the molecule is NC[C@@H](O)OCc1ccccc1. The molecule has 0 aromatic heterocycles. The predicted molar refractivity (Wildman–Crippen MR) is 46.3 cm³/mol. The zero-order chi connectivity index (χ0) is 8.81. The smallest absolute Gasteiger partial charge is 0.167 e. The van der Waals surface area contributed by atoms with Gasteiger partial charge in [-0.05, 0) is 5.56 Å². The molecule has 0 unspecified atom stereocenters. The lowest BCUT2D eigenvalue weighted by molar-refractivity contribution is -0.100. The molecule has 1 aromatic carbocycles. The van der Waals surface area contributed by atoms with E-state index in [1.54, 1.807) is 0 Å². The summed E-state index contributed by atoms with van der Waals surface area (Å²) in [6, 6.07) is 9.65. The van der Waals surface area contributed by atoms with Crippen LogP contribution in [0.15, 0.2) is 30.3 Å². The predicted octanol–water partition coefficient (Wildman–Crippen LogP) is 0.480. The quantitative estimate of drug-likeness (QED) is 0.641. The van der Waals surface area contributed by atoms with E-state index in [1.165, 1.54) is 0 Å². The molecule has 0 heterocycles. The van der Waals surface area contributed by atoms with Gasteiger partial charge < -0.3 is 15.6 Å². The van der Waals surface area contributed by atoms with Crippen LogP contribution in [-0.2, 0) is 11.3 Å². The summed E-state index contributed by atoms with van der Waals surface area (Å²) in [6.45, 7) is 0.534. The first-order valence-electron chi connectivity index (χ1n) is 3.86. The van der Waals surface area contributed by atoms with Crippen molar-refractivity contribution in [2.75, 3.05) is 6.54 Å². The maximum atomic E-state index is 8.97. The first-order chi connectivity index (χ1) is 5.83. The molecule has 0 fully saturated rings. The molecule has 0 bridgehead atoms. The molecule has 3 N–H and O–H groups in total. The molecule has 1 rings (SSSR count). The van der Waals surface area contributed by atoms with Gasteiger partial charge in [-0.3, -0.25) is 0 Å². The Hall–Kier alpha value is -0.900. The monoisotopic (exact) mass is 167 g/mol. The Balaban J connectivity index is 2.33. The van der Waals surface area contributed by atoms with E-state index in [9.17, 15) is 0 Å². The highest BCUT2D eigenvalue weighted by atomic mass is 16.6. The maximum absolute atomic E-state index is 8.97. The third-order valence-corrected chi connectivity index (χ3v) is 1.49. The summed E-state index contributed by atoms with van der Waals surface area (Å²) in [5.41, 5.74) is 6.19. The van der Waals surface area contributed by atoms with Gasteiger partial charge in [-0.15, -0.1) is 0 Å². The van der Waals surface area contributed by atoms with Crippen LogP contribution in [0.3, 0.4) is 0 Å². The zero-order valence-electron chi connectivity index (χ0n) is 6.81. The van der Waals surface area contributed by atoms with Crippen molar-refractivity contribution in [1.29, 1.82) is 0 Å². The van der Waals surface area contributed by atoms with E-state index in [1.807, 2.05) is 30.3 Å². The van der Waals surface area contributed by atoms with Crippen LogP contribution >= 0.6 is 0 Å². The number of benzene rings is 1. The summed E-state index contributed by atoms with van der Waals surface area (Å²) in [7, 11) is 0. The van der Waals surface area contributed by atoms with E-state index >= 15 is 0 Å². The number of hydrogen-bond donors (Lipinski definition) is 2. The van der Waals surface area contributed by atoms with Crippen LogP contribution in [0.4, 0.5) is 0 Å². The molecular formula is C9H13NO2. The molecule has 0 aliphatic carbocycles. The molecule has 1 atom stereocenters. The van der Waals surface area contributed by atoms with Crippen LogP contribution in [0.1, 0.15) is 5.56 Å². The van der Waals surface area contributed by atoms with Gasteiger partial charge in [0.25, 0.3) is 0 Å². The second kappa shape index (κ2) is 4.87. The van der Waals surface area contributed by atoms with Gasteiger partial charge in [0, 0.05) is 6.54 Å². The van der Waals surface area contributed by atoms with Crippen LogP contribution in [0, 0.1) is 0 Å². The molecule has 66 valence electrons. The average Bonchev–Trinajstić information content (AvgIpc) is 2.16. The van der Waals surface area contributed by atoms with E-state index in [0.717, 1.165) is 5.56 Å². The van der Waals surface area contributed by atoms with Crippen molar-refractivity contribution in [3.8, 4) is 0 Å². The minimum atomic E-state index is -0.856. The number of nitrogens with two attached hydrogens (primary N) is 1. The summed E-state index contributed by atoms with van der Waals surface area (Å²) in [6.07, 6.45) is -0.856. The molecule has 1 aromatic rings. The number of ether oxygens (including phenoxy) is 1. The van der Waals surface area contributed by atoms with Gasteiger partial charge in [-0.25, -0.2) is 0 Å². The highest BCUT2D eigenvalue weighted by Gasteiger charge is 1.99. The molecule has 0 radical (unpaired) electrons. The number of aliphatic hydroxyl groups is 1. The Morgan fingerprint density at radius 3 is 2.58 bits per heavy atom. The van der Waals surface area contributed by atoms with Gasteiger partial charge in [0.2, 0.25) is 0 Å². The van der Waals surface area contributed by atoms with Crippen molar-refractivity contribution in [3.05, 3.63) is 35.9 Å². The van der Waals surface area contributed by atoms with Crippen LogP contribution in [0.25, 0.3) is 0 Å². The fourth-order valence-electron chi connectivity index (χ4n) is 0.835. The van der Waals surface area contributed by atoms with E-state index in [-0.39, 0.29) is 6.54 Å². The van der Waals surface area contributed by atoms with Crippen molar-refractivity contribution >= 4 is 0 Å². The van der Waals surface area contributed by atoms with E-state index in [2.05, 4.69) is 0 Å². The van der Waals surface area contributed by atoms with Crippen LogP contribution in [0.5, 0.6) is 0 Å². The molecule has 12 heavy (non-hydrogen) atoms.